The van der Waals surface area contributed by atoms with Crippen molar-refractivity contribution in [3.05, 3.63) is 42.1 Å². The van der Waals surface area contributed by atoms with E-state index in [-0.39, 0.29) is 18.6 Å². The van der Waals surface area contributed by atoms with Crippen LogP contribution in [-0.2, 0) is 9.53 Å². The van der Waals surface area contributed by atoms with E-state index in [9.17, 15) is 9.59 Å². The van der Waals surface area contributed by atoms with E-state index in [0.29, 0.717) is 43.3 Å². The molecule has 0 saturated carbocycles. The van der Waals surface area contributed by atoms with Crippen molar-refractivity contribution in [3.8, 4) is 11.5 Å². The number of amides is 1. The Morgan fingerprint density at radius 2 is 2.21 bits per heavy atom. The fourth-order valence-electron chi connectivity index (χ4n) is 3.57. The van der Waals surface area contributed by atoms with Crippen LogP contribution in [0.2, 0.25) is 0 Å². The molecule has 1 aliphatic rings. The zero-order valence-electron chi connectivity index (χ0n) is 16.0. The number of aromatic nitrogens is 2. The quantitative estimate of drug-likeness (QED) is 0.650. The predicted octanol–water partition coefficient (Wildman–Crippen LogP) is 1.68. The van der Waals surface area contributed by atoms with Crippen LogP contribution >= 0.6 is 0 Å². The average molecular weight is 398 g/mol. The molecule has 1 aromatic carbocycles. The molecule has 3 heterocycles. The van der Waals surface area contributed by atoms with Gasteiger partial charge in [-0.05, 0) is 19.2 Å². The standard InChI is InChI=1S/C20H22N4O5/c1-23(12-18(25)26)10-14-11-24(6-7-28-14)20(27)15-9-21-22-19(15)17-8-13-4-2-3-5-16(13)29-17/h2-5,8-9,14H,6-7,10-12H2,1H3,(H,21,22)(H,25,26). The third kappa shape index (κ3) is 4.15. The van der Waals surface area contributed by atoms with Gasteiger partial charge < -0.3 is 19.2 Å². The van der Waals surface area contributed by atoms with Gasteiger partial charge in [0.05, 0.1) is 31.0 Å². The smallest absolute Gasteiger partial charge is 0.317 e. The summed E-state index contributed by atoms with van der Waals surface area (Å²) in [6.07, 6.45) is 1.25. The molecule has 9 nitrogen and oxygen atoms in total. The summed E-state index contributed by atoms with van der Waals surface area (Å²) in [6.45, 7) is 1.59. The summed E-state index contributed by atoms with van der Waals surface area (Å²) in [6, 6.07) is 9.51. The Hall–Kier alpha value is -3.17. The number of H-pyrrole nitrogens is 1. The van der Waals surface area contributed by atoms with E-state index in [1.807, 2.05) is 30.3 Å². The SMILES string of the molecule is CN(CC(=O)O)CC1CN(C(=O)c2cn[nH]c2-c2cc3ccccc3o2)CCO1. The molecule has 0 bridgehead atoms. The summed E-state index contributed by atoms with van der Waals surface area (Å²) in [5.41, 5.74) is 1.71. The normalized spacial score (nSPS) is 17.2. The van der Waals surface area contributed by atoms with Crippen molar-refractivity contribution in [1.82, 2.24) is 20.0 Å². The van der Waals surface area contributed by atoms with Crippen LogP contribution < -0.4 is 0 Å². The van der Waals surface area contributed by atoms with Gasteiger partial charge in [-0.25, -0.2) is 0 Å². The van der Waals surface area contributed by atoms with Gasteiger partial charge in [-0.15, -0.1) is 0 Å². The van der Waals surface area contributed by atoms with Crippen LogP contribution in [0.3, 0.4) is 0 Å². The van der Waals surface area contributed by atoms with E-state index in [1.54, 1.807) is 16.8 Å². The molecule has 9 heteroatoms. The summed E-state index contributed by atoms with van der Waals surface area (Å²) < 4.78 is 11.6. The number of aromatic amines is 1. The number of carbonyl (C=O) groups excluding carboxylic acids is 1. The Labute approximate surface area is 166 Å². The molecule has 1 saturated heterocycles. The number of morpholine rings is 1. The Morgan fingerprint density at radius 3 is 3.00 bits per heavy atom. The van der Waals surface area contributed by atoms with Gasteiger partial charge >= 0.3 is 5.97 Å². The maximum atomic E-state index is 13.1. The maximum absolute atomic E-state index is 13.1. The summed E-state index contributed by atoms with van der Waals surface area (Å²) in [7, 11) is 1.72. The number of carboxylic acid groups (broad SMARTS) is 1. The first-order valence-corrected chi connectivity index (χ1v) is 9.35. The number of furan rings is 1. The van der Waals surface area contributed by atoms with Crippen molar-refractivity contribution in [2.75, 3.05) is 39.8 Å². The van der Waals surface area contributed by atoms with Crippen LogP contribution in [0.15, 0.2) is 40.9 Å². The first-order valence-electron chi connectivity index (χ1n) is 9.35. The Balaban J connectivity index is 1.50. The summed E-state index contributed by atoms with van der Waals surface area (Å²) >= 11 is 0. The van der Waals surface area contributed by atoms with Crippen LogP contribution in [0.25, 0.3) is 22.4 Å². The number of likely N-dealkylation sites (N-methyl/N-ethyl adjacent to an activating group) is 1. The van der Waals surface area contributed by atoms with E-state index in [0.717, 1.165) is 11.0 Å². The second-order valence-corrected chi connectivity index (χ2v) is 7.14. The third-order valence-corrected chi connectivity index (χ3v) is 4.89. The van der Waals surface area contributed by atoms with Crippen molar-refractivity contribution < 1.29 is 23.8 Å². The number of carbonyl (C=O) groups is 2. The lowest BCUT2D eigenvalue weighted by atomic mass is 10.1. The highest BCUT2D eigenvalue weighted by Crippen LogP contribution is 2.29. The minimum Gasteiger partial charge on any atom is -0.480 e. The first-order chi connectivity index (χ1) is 14.0. The van der Waals surface area contributed by atoms with Crippen LogP contribution in [0.4, 0.5) is 0 Å². The molecule has 4 rings (SSSR count). The molecular formula is C20H22N4O5. The molecule has 1 aliphatic heterocycles. The fourth-order valence-corrected chi connectivity index (χ4v) is 3.57. The summed E-state index contributed by atoms with van der Waals surface area (Å²) in [5.74, 6) is -0.508. The van der Waals surface area contributed by atoms with E-state index in [2.05, 4.69) is 10.2 Å². The monoisotopic (exact) mass is 398 g/mol. The van der Waals surface area contributed by atoms with Crippen molar-refractivity contribution in [3.63, 3.8) is 0 Å². The number of hydrogen-bond donors (Lipinski definition) is 2. The minimum atomic E-state index is -0.898. The second-order valence-electron chi connectivity index (χ2n) is 7.14. The van der Waals surface area contributed by atoms with Gasteiger partial charge in [0.25, 0.3) is 5.91 Å². The van der Waals surface area contributed by atoms with Gasteiger partial charge in [-0.3, -0.25) is 19.6 Å². The maximum Gasteiger partial charge on any atom is 0.317 e. The highest BCUT2D eigenvalue weighted by molar-refractivity contribution is 6.00. The van der Waals surface area contributed by atoms with E-state index >= 15 is 0 Å². The molecule has 1 unspecified atom stereocenters. The fraction of sp³-hybridized carbons (Fsp3) is 0.350. The molecular weight excluding hydrogens is 376 g/mol. The lowest BCUT2D eigenvalue weighted by Gasteiger charge is -2.34. The zero-order chi connectivity index (χ0) is 20.4. The molecule has 1 fully saturated rings. The molecule has 3 aromatic rings. The summed E-state index contributed by atoms with van der Waals surface area (Å²) in [4.78, 5) is 27.4. The second kappa shape index (κ2) is 8.06. The molecule has 0 aliphatic carbocycles. The number of aliphatic carboxylic acids is 1. The van der Waals surface area contributed by atoms with Crippen molar-refractivity contribution in [1.29, 1.82) is 0 Å². The molecule has 29 heavy (non-hydrogen) atoms. The molecule has 0 radical (unpaired) electrons. The number of carboxylic acids is 1. The zero-order valence-corrected chi connectivity index (χ0v) is 16.0. The Kier molecular flexibility index (Phi) is 5.32. The Bertz CT molecular complexity index is 994. The van der Waals surface area contributed by atoms with Gasteiger partial charge in [-0.1, -0.05) is 18.2 Å². The van der Waals surface area contributed by atoms with Crippen LogP contribution in [0, 0.1) is 0 Å². The van der Waals surface area contributed by atoms with E-state index < -0.39 is 5.97 Å². The first kappa shape index (κ1) is 19.2. The highest BCUT2D eigenvalue weighted by Gasteiger charge is 2.29. The number of benzene rings is 1. The topological polar surface area (TPSA) is 112 Å². The molecule has 0 spiro atoms. The lowest BCUT2D eigenvalue weighted by molar-refractivity contribution is -0.138. The van der Waals surface area contributed by atoms with Crippen LogP contribution in [-0.4, -0.2) is 82.9 Å². The largest absolute Gasteiger partial charge is 0.480 e. The van der Waals surface area contributed by atoms with Gasteiger partial charge in [0.2, 0.25) is 0 Å². The molecule has 2 N–H and O–H groups in total. The van der Waals surface area contributed by atoms with Crippen LogP contribution in [0.1, 0.15) is 10.4 Å². The number of para-hydroxylation sites is 1. The highest BCUT2D eigenvalue weighted by atomic mass is 16.5. The number of rotatable bonds is 6. The van der Waals surface area contributed by atoms with Gasteiger partial charge in [0, 0.05) is 25.0 Å². The lowest BCUT2D eigenvalue weighted by Crippen LogP contribution is -2.49. The molecule has 1 atom stereocenters. The van der Waals surface area contributed by atoms with Gasteiger partial charge in [-0.2, -0.15) is 5.10 Å². The molecule has 1 amide bonds. The Morgan fingerprint density at radius 1 is 1.38 bits per heavy atom. The summed E-state index contributed by atoms with van der Waals surface area (Å²) in [5, 5.41) is 16.8. The minimum absolute atomic E-state index is 0.0776. The average Bonchev–Trinajstić information content (AvgIpc) is 3.33. The van der Waals surface area contributed by atoms with Crippen molar-refractivity contribution >= 4 is 22.8 Å². The van der Waals surface area contributed by atoms with Crippen molar-refractivity contribution in [2.24, 2.45) is 0 Å². The predicted molar refractivity (Wildman–Crippen MR) is 105 cm³/mol. The van der Waals surface area contributed by atoms with Crippen LogP contribution in [0.5, 0.6) is 0 Å². The third-order valence-electron chi connectivity index (χ3n) is 4.89. The number of nitrogens with zero attached hydrogens (tertiary/aromatic N) is 3. The van der Waals surface area contributed by atoms with Crippen molar-refractivity contribution in [2.45, 2.75) is 6.10 Å². The van der Waals surface area contributed by atoms with Gasteiger partial charge in [0.15, 0.2) is 5.76 Å². The molecule has 152 valence electrons. The van der Waals surface area contributed by atoms with E-state index in [4.69, 9.17) is 14.3 Å². The number of ether oxygens (including phenoxy) is 1. The number of hydrogen-bond acceptors (Lipinski definition) is 6. The number of nitrogens with one attached hydrogen (secondary N) is 1. The van der Waals surface area contributed by atoms with Gasteiger partial charge in [0.1, 0.15) is 11.3 Å². The van der Waals surface area contributed by atoms with E-state index in [1.165, 1.54) is 6.20 Å². The number of fused-ring (bicyclic) bond motifs is 1. The molecule has 2 aromatic heterocycles.